The predicted octanol–water partition coefficient (Wildman–Crippen LogP) is -1.12. The van der Waals surface area contributed by atoms with Gasteiger partial charge in [0, 0.05) is 25.7 Å². The molecule has 1 aliphatic heterocycles. The lowest BCUT2D eigenvalue weighted by atomic mass is 10.2. The molecule has 0 aromatic carbocycles. The Labute approximate surface area is 113 Å². The SMILES string of the molecule is CCNC(=O)NC(=O)CN(CCO)CC1CCCN1. The number of carbonyl (C=O) groups excluding carboxylic acids is 2. The number of aliphatic hydroxyl groups is 1. The van der Waals surface area contributed by atoms with Crippen molar-refractivity contribution in [2.75, 3.05) is 39.3 Å². The molecule has 0 spiro atoms. The molecule has 1 aliphatic rings. The molecule has 0 aromatic heterocycles. The van der Waals surface area contributed by atoms with Crippen LogP contribution in [0.1, 0.15) is 19.8 Å². The lowest BCUT2D eigenvalue weighted by Crippen LogP contribution is -2.47. The monoisotopic (exact) mass is 272 g/mol. The van der Waals surface area contributed by atoms with Crippen molar-refractivity contribution >= 4 is 11.9 Å². The Morgan fingerprint density at radius 1 is 1.47 bits per heavy atom. The summed E-state index contributed by atoms with van der Waals surface area (Å²) in [6.07, 6.45) is 2.22. The van der Waals surface area contributed by atoms with Gasteiger partial charge in [0.1, 0.15) is 0 Å². The highest BCUT2D eigenvalue weighted by Crippen LogP contribution is 2.06. The lowest BCUT2D eigenvalue weighted by Gasteiger charge is -2.24. The minimum Gasteiger partial charge on any atom is -0.395 e. The number of nitrogens with zero attached hydrogens (tertiary/aromatic N) is 1. The second-order valence-corrected chi connectivity index (χ2v) is 4.66. The number of aliphatic hydroxyl groups excluding tert-OH is 1. The van der Waals surface area contributed by atoms with Gasteiger partial charge >= 0.3 is 6.03 Å². The molecule has 0 bridgehead atoms. The summed E-state index contributed by atoms with van der Waals surface area (Å²) in [5, 5.41) is 17.1. The second-order valence-electron chi connectivity index (χ2n) is 4.66. The highest BCUT2D eigenvalue weighted by atomic mass is 16.3. The maximum atomic E-state index is 11.7. The van der Waals surface area contributed by atoms with Gasteiger partial charge in [-0.25, -0.2) is 4.79 Å². The van der Waals surface area contributed by atoms with Gasteiger partial charge in [-0.2, -0.15) is 0 Å². The zero-order chi connectivity index (χ0) is 14.1. The zero-order valence-electron chi connectivity index (χ0n) is 11.4. The van der Waals surface area contributed by atoms with Crippen molar-refractivity contribution in [1.29, 1.82) is 0 Å². The Kier molecular flexibility index (Phi) is 7.39. The first kappa shape index (κ1) is 15.9. The third kappa shape index (κ3) is 6.51. The van der Waals surface area contributed by atoms with Crippen LogP contribution in [0.15, 0.2) is 0 Å². The average Bonchev–Trinajstić information content (AvgIpc) is 2.82. The second kappa shape index (κ2) is 8.84. The number of hydrogen-bond donors (Lipinski definition) is 4. The van der Waals surface area contributed by atoms with E-state index in [9.17, 15) is 9.59 Å². The smallest absolute Gasteiger partial charge is 0.321 e. The fourth-order valence-electron chi connectivity index (χ4n) is 2.17. The van der Waals surface area contributed by atoms with Crippen molar-refractivity contribution in [3.63, 3.8) is 0 Å². The molecule has 0 saturated carbocycles. The van der Waals surface area contributed by atoms with Gasteiger partial charge in [0.25, 0.3) is 0 Å². The highest BCUT2D eigenvalue weighted by molar-refractivity contribution is 5.95. The van der Waals surface area contributed by atoms with Gasteiger partial charge in [-0.15, -0.1) is 0 Å². The molecule has 7 nitrogen and oxygen atoms in total. The van der Waals surface area contributed by atoms with Gasteiger partial charge in [-0.1, -0.05) is 0 Å². The van der Waals surface area contributed by atoms with Gasteiger partial charge < -0.3 is 15.7 Å². The molecule has 0 aliphatic carbocycles. The maximum Gasteiger partial charge on any atom is 0.321 e. The van der Waals surface area contributed by atoms with E-state index < -0.39 is 6.03 Å². The molecule has 19 heavy (non-hydrogen) atoms. The van der Waals surface area contributed by atoms with E-state index in [-0.39, 0.29) is 19.1 Å². The summed E-state index contributed by atoms with van der Waals surface area (Å²) in [5.41, 5.74) is 0. The van der Waals surface area contributed by atoms with E-state index in [1.54, 1.807) is 6.92 Å². The van der Waals surface area contributed by atoms with Gasteiger partial charge in [-0.05, 0) is 26.3 Å². The van der Waals surface area contributed by atoms with Crippen molar-refractivity contribution in [3.05, 3.63) is 0 Å². The molecule has 0 radical (unpaired) electrons. The Balaban J connectivity index is 2.34. The topological polar surface area (TPSA) is 93.7 Å². The van der Waals surface area contributed by atoms with Crippen LogP contribution >= 0.6 is 0 Å². The lowest BCUT2D eigenvalue weighted by molar-refractivity contribution is -0.121. The largest absolute Gasteiger partial charge is 0.395 e. The summed E-state index contributed by atoms with van der Waals surface area (Å²) in [5.74, 6) is -0.350. The van der Waals surface area contributed by atoms with E-state index in [0.29, 0.717) is 25.7 Å². The number of urea groups is 1. The number of rotatable bonds is 7. The van der Waals surface area contributed by atoms with Gasteiger partial charge in [0.15, 0.2) is 0 Å². The minimum absolute atomic E-state index is 0.00115. The summed E-state index contributed by atoms with van der Waals surface area (Å²) in [7, 11) is 0. The summed E-state index contributed by atoms with van der Waals surface area (Å²) in [4.78, 5) is 24.7. The standard InChI is InChI=1S/C12H24N4O3/c1-2-13-12(19)15-11(18)9-16(6-7-17)8-10-4-3-5-14-10/h10,14,17H,2-9H2,1H3,(H2,13,15,18,19). The molecule has 1 rings (SSSR count). The Hall–Kier alpha value is -1.18. The Morgan fingerprint density at radius 2 is 2.26 bits per heavy atom. The Bertz CT molecular complexity index is 293. The van der Waals surface area contributed by atoms with Gasteiger partial charge in [0.05, 0.1) is 13.2 Å². The molecule has 1 fully saturated rings. The van der Waals surface area contributed by atoms with Crippen LogP contribution in [0.3, 0.4) is 0 Å². The van der Waals surface area contributed by atoms with Crippen LogP contribution in [-0.4, -0.2) is 67.3 Å². The third-order valence-corrected chi connectivity index (χ3v) is 3.01. The fourth-order valence-corrected chi connectivity index (χ4v) is 2.17. The molecule has 1 saturated heterocycles. The quantitative estimate of drug-likeness (QED) is 0.471. The summed E-state index contributed by atoms with van der Waals surface area (Å²) in [6, 6.07) is -0.112. The molecule has 1 unspecified atom stereocenters. The number of nitrogens with one attached hydrogen (secondary N) is 3. The van der Waals surface area contributed by atoms with Crippen molar-refractivity contribution < 1.29 is 14.7 Å². The summed E-state index contributed by atoms with van der Waals surface area (Å²) >= 11 is 0. The van der Waals surface area contributed by atoms with Gasteiger partial charge in [0.2, 0.25) is 5.91 Å². The van der Waals surface area contributed by atoms with E-state index in [2.05, 4.69) is 16.0 Å². The zero-order valence-corrected chi connectivity index (χ0v) is 11.4. The summed E-state index contributed by atoms with van der Waals surface area (Å²) < 4.78 is 0. The average molecular weight is 272 g/mol. The first-order valence-electron chi connectivity index (χ1n) is 6.80. The maximum absolute atomic E-state index is 11.7. The number of amides is 3. The molecule has 1 atom stereocenters. The van der Waals surface area contributed by atoms with E-state index in [1.807, 2.05) is 4.90 Å². The molecule has 3 amide bonds. The highest BCUT2D eigenvalue weighted by Gasteiger charge is 2.19. The van der Waals surface area contributed by atoms with Crippen LogP contribution in [-0.2, 0) is 4.79 Å². The molecule has 4 N–H and O–H groups in total. The van der Waals surface area contributed by atoms with Crippen molar-refractivity contribution in [2.24, 2.45) is 0 Å². The molecule has 7 heteroatoms. The normalized spacial score (nSPS) is 18.6. The van der Waals surface area contributed by atoms with E-state index in [4.69, 9.17) is 5.11 Å². The van der Waals surface area contributed by atoms with Crippen LogP contribution in [0.4, 0.5) is 4.79 Å². The van der Waals surface area contributed by atoms with E-state index in [0.717, 1.165) is 19.4 Å². The predicted molar refractivity (Wildman–Crippen MR) is 71.8 cm³/mol. The first-order valence-corrected chi connectivity index (χ1v) is 6.80. The fraction of sp³-hybridized carbons (Fsp3) is 0.833. The van der Waals surface area contributed by atoms with E-state index in [1.165, 1.54) is 0 Å². The van der Waals surface area contributed by atoms with Crippen molar-refractivity contribution in [3.8, 4) is 0 Å². The van der Waals surface area contributed by atoms with Crippen LogP contribution in [0, 0.1) is 0 Å². The van der Waals surface area contributed by atoms with Crippen molar-refractivity contribution in [1.82, 2.24) is 20.9 Å². The minimum atomic E-state index is -0.476. The number of hydrogen-bond acceptors (Lipinski definition) is 5. The van der Waals surface area contributed by atoms with Crippen LogP contribution < -0.4 is 16.0 Å². The van der Waals surface area contributed by atoms with Gasteiger partial charge in [-0.3, -0.25) is 15.0 Å². The molecular formula is C12H24N4O3. The molecular weight excluding hydrogens is 248 g/mol. The van der Waals surface area contributed by atoms with Crippen LogP contribution in [0.5, 0.6) is 0 Å². The van der Waals surface area contributed by atoms with E-state index >= 15 is 0 Å². The Morgan fingerprint density at radius 3 is 2.84 bits per heavy atom. The molecule has 110 valence electrons. The first-order chi connectivity index (χ1) is 9.15. The number of imide groups is 1. The third-order valence-electron chi connectivity index (χ3n) is 3.01. The van der Waals surface area contributed by atoms with Crippen LogP contribution in [0.2, 0.25) is 0 Å². The van der Waals surface area contributed by atoms with Crippen molar-refractivity contribution in [2.45, 2.75) is 25.8 Å². The van der Waals surface area contributed by atoms with Crippen LogP contribution in [0.25, 0.3) is 0 Å². The molecule has 0 aromatic rings. The number of carbonyl (C=O) groups is 2. The molecule has 1 heterocycles. The summed E-state index contributed by atoms with van der Waals surface area (Å²) in [6.45, 7) is 4.53.